The van der Waals surface area contributed by atoms with E-state index in [4.69, 9.17) is 5.11 Å². The highest BCUT2D eigenvalue weighted by Crippen LogP contribution is 2.44. The van der Waals surface area contributed by atoms with Gasteiger partial charge in [0.15, 0.2) is 0 Å². The van der Waals surface area contributed by atoms with E-state index in [-0.39, 0.29) is 12.5 Å². The fourth-order valence-corrected chi connectivity index (χ4v) is 2.72. The van der Waals surface area contributed by atoms with Crippen LogP contribution in [0, 0.1) is 23.7 Å². The molecule has 2 aliphatic carbocycles. The van der Waals surface area contributed by atoms with Gasteiger partial charge < -0.3 is 10.4 Å². The highest BCUT2D eigenvalue weighted by Gasteiger charge is 2.42. The molecule has 1 amide bonds. The Balaban J connectivity index is 1.66. The normalized spacial score (nSPS) is 17.2. The summed E-state index contributed by atoms with van der Waals surface area (Å²) < 4.78 is 0. The summed E-state index contributed by atoms with van der Waals surface area (Å²) in [4.78, 5) is 12.4. The van der Waals surface area contributed by atoms with Crippen molar-refractivity contribution in [1.29, 1.82) is 0 Å². The van der Waals surface area contributed by atoms with Crippen LogP contribution >= 0.6 is 0 Å². The van der Waals surface area contributed by atoms with Crippen molar-refractivity contribution < 1.29 is 9.90 Å². The van der Waals surface area contributed by atoms with Crippen LogP contribution in [-0.2, 0) is 0 Å². The second kappa shape index (κ2) is 6.32. The van der Waals surface area contributed by atoms with E-state index in [0.29, 0.717) is 29.9 Å². The molecular formula is C18H21NO2. The van der Waals surface area contributed by atoms with Crippen LogP contribution in [-0.4, -0.2) is 23.7 Å². The number of benzene rings is 1. The standard InChI is InChI=1S/C18H21NO2/c20-11-2-1-4-13-5-3-6-16(12-13)18(21)19-17(14-7-8-14)15-9-10-15/h3,5-6,12,14-15,17,20H,2,7-11H2,(H,19,21). The van der Waals surface area contributed by atoms with Gasteiger partial charge in [0.05, 0.1) is 6.61 Å². The summed E-state index contributed by atoms with van der Waals surface area (Å²) in [5.41, 5.74) is 1.50. The van der Waals surface area contributed by atoms with Gasteiger partial charge in [-0.1, -0.05) is 17.9 Å². The summed E-state index contributed by atoms with van der Waals surface area (Å²) in [6, 6.07) is 7.79. The minimum atomic E-state index is 0.0182. The third-order valence-corrected chi connectivity index (χ3v) is 4.15. The van der Waals surface area contributed by atoms with E-state index in [1.807, 2.05) is 24.3 Å². The SMILES string of the molecule is O=C(NC(C1CC1)C1CC1)c1cccc(C#CCCO)c1. The largest absolute Gasteiger partial charge is 0.395 e. The molecule has 0 aliphatic heterocycles. The molecule has 2 aliphatic rings. The van der Waals surface area contributed by atoms with E-state index in [0.717, 1.165) is 5.56 Å². The van der Waals surface area contributed by atoms with Crippen LogP contribution in [0.25, 0.3) is 0 Å². The van der Waals surface area contributed by atoms with Crippen molar-refractivity contribution in [2.45, 2.75) is 38.1 Å². The Bertz CT molecular complexity index is 564. The molecule has 1 aromatic rings. The first-order chi connectivity index (χ1) is 10.3. The maximum Gasteiger partial charge on any atom is 0.251 e. The summed E-state index contributed by atoms with van der Waals surface area (Å²) in [5.74, 6) is 7.28. The highest BCUT2D eigenvalue weighted by atomic mass is 16.2. The molecule has 3 heteroatoms. The van der Waals surface area contributed by atoms with Crippen molar-refractivity contribution >= 4 is 5.91 Å². The van der Waals surface area contributed by atoms with E-state index in [2.05, 4.69) is 17.2 Å². The molecule has 0 unspecified atom stereocenters. The molecule has 2 fully saturated rings. The van der Waals surface area contributed by atoms with Crippen molar-refractivity contribution in [3.8, 4) is 11.8 Å². The number of rotatable bonds is 5. The number of nitrogens with one attached hydrogen (secondary N) is 1. The molecule has 0 radical (unpaired) electrons. The van der Waals surface area contributed by atoms with Crippen LogP contribution < -0.4 is 5.32 Å². The molecular weight excluding hydrogens is 262 g/mol. The number of aliphatic hydroxyl groups is 1. The van der Waals surface area contributed by atoms with E-state index in [1.54, 1.807) is 0 Å². The monoisotopic (exact) mass is 283 g/mol. The zero-order valence-corrected chi connectivity index (χ0v) is 12.1. The molecule has 0 heterocycles. The average Bonchev–Trinajstić information content (AvgIpc) is 3.39. The van der Waals surface area contributed by atoms with Gasteiger partial charge in [0, 0.05) is 23.6 Å². The fourth-order valence-electron chi connectivity index (χ4n) is 2.72. The smallest absolute Gasteiger partial charge is 0.251 e. The lowest BCUT2D eigenvalue weighted by Gasteiger charge is -2.17. The second-order valence-electron chi connectivity index (χ2n) is 6.03. The Hall–Kier alpha value is -1.79. The third-order valence-electron chi connectivity index (χ3n) is 4.15. The number of hydrogen-bond acceptors (Lipinski definition) is 2. The second-order valence-corrected chi connectivity index (χ2v) is 6.03. The fraction of sp³-hybridized carbons (Fsp3) is 0.500. The van der Waals surface area contributed by atoms with Gasteiger partial charge in [-0.05, 0) is 55.7 Å². The van der Waals surface area contributed by atoms with Crippen LogP contribution in [0.15, 0.2) is 24.3 Å². The molecule has 0 atom stereocenters. The van der Waals surface area contributed by atoms with Crippen LogP contribution in [0.5, 0.6) is 0 Å². The van der Waals surface area contributed by atoms with Gasteiger partial charge in [0.2, 0.25) is 0 Å². The molecule has 0 bridgehead atoms. The van der Waals surface area contributed by atoms with E-state index in [1.165, 1.54) is 25.7 Å². The summed E-state index contributed by atoms with van der Waals surface area (Å²) in [6.07, 6.45) is 5.49. The van der Waals surface area contributed by atoms with E-state index >= 15 is 0 Å². The number of hydrogen-bond donors (Lipinski definition) is 2. The van der Waals surface area contributed by atoms with Crippen molar-refractivity contribution in [1.82, 2.24) is 5.32 Å². The predicted octanol–water partition coefficient (Wildman–Crippen LogP) is 2.34. The van der Waals surface area contributed by atoms with Crippen LogP contribution in [0.3, 0.4) is 0 Å². The summed E-state index contributed by atoms with van der Waals surface area (Å²) in [7, 11) is 0. The molecule has 0 spiro atoms. The molecule has 3 nitrogen and oxygen atoms in total. The van der Waals surface area contributed by atoms with Crippen LogP contribution in [0.2, 0.25) is 0 Å². The van der Waals surface area contributed by atoms with Crippen LogP contribution in [0.4, 0.5) is 0 Å². The Kier molecular flexibility index (Phi) is 4.26. The zero-order valence-electron chi connectivity index (χ0n) is 12.1. The molecule has 110 valence electrons. The Morgan fingerprint density at radius 1 is 1.29 bits per heavy atom. The molecule has 0 saturated heterocycles. The summed E-state index contributed by atoms with van der Waals surface area (Å²) >= 11 is 0. The third kappa shape index (κ3) is 3.86. The lowest BCUT2D eigenvalue weighted by Crippen LogP contribution is -2.38. The van der Waals surface area contributed by atoms with Gasteiger partial charge >= 0.3 is 0 Å². The number of carbonyl (C=O) groups excluding carboxylic acids is 1. The van der Waals surface area contributed by atoms with Gasteiger partial charge in [0.25, 0.3) is 5.91 Å². The molecule has 0 aromatic heterocycles. The number of carbonyl (C=O) groups is 1. The zero-order chi connectivity index (χ0) is 14.7. The number of amides is 1. The Labute approximate surface area is 125 Å². The van der Waals surface area contributed by atoms with Crippen molar-refractivity contribution in [3.05, 3.63) is 35.4 Å². The first-order valence-electron chi connectivity index (χ1n) is 7.78. The maximum absolute atomic E-state index is 12.4. The Morgan fingerprint density at radius 2 is 2.00 bits per heavy atom. The first-order valence-corrected chi connectivity index (χ1v) is 7.78. The molecule has 21 heavy (non-hydrogen) atoms. The van der Waals surface area contributed by atoms with Crippen molar-refractivity contribution in [2.75, 3.05) is 6.61 Å². The first kappa shape index (κ1) is 14.2. The van der Waals surface area contributed by atoms with E-state index < -0.39 is 0 Å². The van der Waals surface area contributed by atoms with Crippen molar-refractivity contribution in [3.63, 3.8) is 0 Å². The van der Waals surface area contributed by atoms with Gasteiger partial charge in [-0.3, -0.25) is 4.79 Å². The molecule has 1 aromatic carbocycles. The van der Waals surface area contributed by atoms with Gasteiger partial charge in [-0.15, -0.1) is 0 Å². The number of aliphatic hydroxyl groups excluding tert-OH is 1. The Morgan fingerprint density at radius 3 is 2.62 bits per heavy atom. The van der Waals surface area contributed by atoms with Crippen molar-refractivity contribution in [2.24, 2.45) is 11.8 Å². The topological polar surface area (TPSA) is 49.3 Å². The van der Waals surface area contributed by atoms with Gasteiger partial charge in [-0.25, -0.2) is 0 Å². The van der Waals surface area contributed by atoms with Gasteiger partial charge in [0.1, 0.15) is 0 Å². The lowest BCUT2D eigenvalue weighted by atomic mass is 10.1. The van der Waals surface area contributed by atoms with Crippen LogP contribution in [0.1, 0.15) is 48.0 Å². The molecule has 3 rings (SSSR count). The average molecular weight is 283 g/mol. The quantitative estimate of drug-likeness (QED) is 0.815. The minimum absolute atomic E-state index is 0.0182. The summed E-state index contributed by atoms with van der Waals surface area (Å²) in [5, 5.41) is 12.0. The molecule has 2 saturated carbocycles. The lowest BCUT2D eigenvalue weighted by molar-refractivity contribution is 0.0926. The molecule has 2 N–H and O–H groups in total. The predicted molar refractivity (Wildman–Crippen MR) is 81.7 cm³/mol. The highest BCUT2D eigenvalue weighted by molar-refractivity contribution is 5.94. The minimum Gasteiger partial charge on any atom is -0.395 e. The van der Waals surface area contributed by atoms with E-state index in [9.17, 15) is 4.79 Å². The maximum atomic E-state index is 12.4. The summed E-state index contributed by atoms with van der Waals surface area (Å²) in [6.45, 7) is 0.0671. The van der Waals surface area contributed by atoms with Gasteiger partial charge in [-0.2, -0.15) is 0 Å².